The third-order valence-electron chi connectivity index (χ3n) is 0.649. The van der Waals surface area contributed by atoms with Gasteiger partial charge in [0.2, 0.25) is 0 Å². The Bertz CT molecular complexity index is 130. The van der Waals surface area contributed by atoms with Crippen molar-refractivity contribution in [3.63, 3.8) is 0 Å². The molecular formula is C6H10O4. The van der Waals surface area contributed by atoms with E-state index in [-0.39, 0.29) is 12.4 Å². The average molecular weight is 146 g/mol. The van der Waals surface area contributed by atoms with Crippen LogP contribution >= 0.6 is 0 Å². The molecule has 0 saturated carbocycles. The van der Waals surface area contributed by atoms with E-state index in [2.05, 4.69) is 21.1 Å². The van der Waals surface area contributed by atoms with Gasteiger partial charge in [-0.15, -0.1) is 0 Å². The van der Waals surface area contributed by atoms with Crippen molar-refractivity contribution in [2.24, 2.45) is 0 Å². The van der Waals surface area contributed by atoms with Crippen molar-refractivity contribution < 1.29 is 19.3 Å². The SMILES string of the molecule is C=C(C)C(=O)OOCOC. The quantitative estimate of drug-likeness (QED) is 0.192. The number of ether oxygens (including phenoxy) is 1. The first-order valence-corrected chi connectivity index (χ1v) is 2.66. The van der Waals surface area contributed by atoms with Gasteiger partial charge in [0, 0.05) is 12.7 Å². The summed E-state index contributed by atoms with van der Waals surface area (Å²) in [5.41, 5.74) is 0.288. The molecule has 0 heterocycles. The minimum absolute atomic E-state index is 0.0704. The van der Waals surface area contributed by atoms with Crippen molar-refractivity contribution in [2.75, 3.05) is 13.9 Å². The molecule has 0 spiro atoms. The van der Waals surface area contributed by atoms with E-state index in [1.165, 1.54) is 14.0 Å². The molecule has 0 amide bonds. The van der Waals surface area contributed by atoms with Crippen LogP contribution in [-0.2, 0) is 19.3 Å². The zero-order valence-electron chi connectivity index (χ0n) is 6.05. The van der Waals surface area contributed by atoms with Gasteiger partial charge >= 0.3 is 5.97 Å². The average Bonchev–Trinajstić information content (AvgIpc) is 1.88. The second-order valence-electron chi connectivity index (χ2n) is 1.68. The van der Waals surface area contributed by atoms with E-state index in [1.54, 1.807) is 0 Å². The minimum Gasteiger partial charge on any atom is -0.355 e. The lowest BCUT2D eigenvalue weighted by atomic mass is 10.4. The zero-order valence-corrected chi connectivity index (χ0v) is 6.05. The van der Waals surface area contributed by atoms with E-state index in [9.17, 15) is 4.79 Å². The molecule has 4 nitrogen and oxygen atoms in total. The van der Waals surface area contributed by atoms with Crippen molar-refractivity contribution in [3.05, 3.63) is 12.2 Å². The lowest BCUT2D eigenvalue weighted by molar-refractivity contribution is -0.303. The number of carbonyl (C=O) groups excluding carboxylic acids is 1. The Hall–Kier alpha value is -0.870. The Kier molecular flexibility index (Phi) is 4.53. The van der Waals surface area contributed by atoms with E-state index in [1.807, 2.05) is 0 Å². The molecule has 0 bridgehead atoms. The molecule has 4 heteroatoms. The van der Waals surface area contributed by atoms with Gasteiger partial charge in [0.25, 0.3) is 0 Å². The summed E-state index contributed by atoms with van der Waals surface area (Å²) in [7, 11) is 1.43. The van der Waals surface area contributed by atoms with Crippen molar-refractivity contribution in [1.82, 2.24) is 0 Å². The summed E-state index contributed by atoms with van der Waals surface area (Å²) < 4.78 is 4.44. The first kappa shape index (κ1) is 9.13. The Labute approximate surface area is 59.3 Å². The molecule has 0 N–H and O–H groups in total. The molecule has 0 aromatic rings. The van der Waals surface area contributed by atoms with Gasteiger partial charge in [0.05, 0.1) is 0 Å². The van der Waals surface area contributed by atoms with Crippen molar-refractivity contribution in [1.29, 1.82) is 0 Å². The number of hydrogen-bond donors (Lipinski definition) is 0. The lowest BCUT2D eigenvalue weighted by Crippen LogP contribution is -2.07. The molecule has 0 aliphatic heterocycles. The molecule has 0 unspecified atom stereocenters. The van der Waals surface area contributed by atoms with Crippen LogP contribution in [0.1, 0.15) is 6.92 Å². The molecule has 0 rings (SSSR count). The molecule has 0 aromatic heterocycles. The molecule has 0 radical (unpaired) electrons. The van der Waals surface area contributed by atoms with Crippen LogP contribution < -0.4 is 0 Å². The maximum Gasteiger partial charge on any atom is 0.368 e. The van der Waals surface area contributed by atoms with E-state index >= 15 is 0 Å². The smallest absolute Gasteiger partial charge is 0.355 e. The highest BCUT2D eigenvalue weighted by molar-refractivity contribution is 5.86. The second kappa shape index (κ2) is 4.96. The summed E-state index contributed by atoms with van der Waals surface area (Å²) in [5, 5.41) is 0. The molecule has 0 aliphatic rings. The largest absolute Gasteiger partial charge is 0.368 e. The highest BCUT2D eigenvalue weighted by atomic mass is 17.2. The number of methoxy groups -OCH3 is 1. The Morgan fingerprint density at radius 2 is 2.20 bits per heavy atom. The molecule has 0 saturated heterocycles. The monoisotopic (exact) mass is 146 g/mol. The minimum atomic E-state index is -0.586. The van der Waals surface area contributed by atoms with Gasteiger partial charge in [-0.1, -0.05) is 6.58 Å². The summed E-state index contributed by atoms with van der Waals surface area (Å²) in [5.74, 6) is -0.586. The summed E-state index contributed by atoms with van der Waals surface area (Å²) in [6.07, 6.45) is 0. The number of carbonyl (C=O) groups is 1. The van der Waals surface area contributed by atoms with Crippen LogP contribution in [-0.4, -0.2) is 19.9 Å². The van der Waals surface area contributed by atoms with Gasteiger partial charge in [-0.2, -0.15) is 4.89 Å². The Morgan fingerprint density at radius 1 is 1.60 bits per heavy atom. The molecule has 10 heavy (non-hydrogen) atoms. The van der Waals surface area contributed by atoms with Crippen LogP contribution in [0.3, 0.4) is 0 Å². The summed E-state index contributed by atoms with van der Waals surface area (Å²) >= 11 is 0. The zero-order chi connectivity index (χ0) is 7.98. The highest BCUT2D eigenvalue weighted by Gasteiger charge is 2.02. The van der Waals surface area contributed by atoms with E-state index < -0.39 is 5.97 Å². The van der Waals surface area contributed by atoms with Crippen LogP contribution in [0.25, 0.3) is 0 Å². The number of hydrogen-bond acceptors (Lipinski definition) is 4. The highest BCUT2D eigenvalue weighted by Crippen LogP contribution is 1.91. The third kappa shape index (κ3) is 4.05. The fourth-order valence-corrected chi connectivity index (χ4v) is 0.197. The first-order chi connectivity index (χ1) is 4.68. The summed E-state index contributed by atoms with van der Waals surface area (Å²) in [6, 6.07) is 0. The van der Waals surface area contributed by atoms with Gasteiger partial charge in [-0.25, -0.2) is 4.79 Å². The first-order valence-electron chi connectivity index (χ1n) is 2.66. The standard InChI is InChI=1S/C6H10O4/c1-5(2)6(7)10-9-4-8-3/h1,4H2,2-3H3. The van der Waals surface area contributed by atoms with Crippen LogP contribution in [0.5, 0.6) is 0 Å². The van der Waals surface area contributed by atoms with Crippen molar-refractivity contribution in [2.45, 2.75) is 6.92 Å². The fourth-order valence-electron chi connectivity index (χ4n) is 0.197. The third-order valence-corrected chi connectivity index (χ3v) is 0.649. The Balaban J connectivity index is 3.31. The van der Waals surface area contributed by atoms with Crippen molar-refractivity contribution >= 4 is 5.97 Å². The fraction of sp³-hybridized carbons (Fsp3) is 0.500. The second-order valence-corrected chi connectivity index (χ2v) is 1.68. The lowest BCUT2D eigenvalue weighted by Gasteiger charge is -2.00. The maximum atomic E-state index is 10.5. The predicted molar refractivity (Wildman–Crippen MR) is 33.9 cm³/mol. The van der Waals surface area contributed by atoms with E-state index in [0.29, 0.717) is 0 Å². The maximum absolute atomic E-state index is 10.5. The summed E-state index contributed by atoms with van der Waals surface area (Å²) in [6.45, 7) is 4.79. The molecule has 0 aromatic carbocycles. The Morgan fingerprint density at radius 3 is 2.60 bits per heavy atom. The van der Waals surface area contributed by atoms with Gasteiger partial charge in [-0.05, 0) is 6.92 Å². The van der Waals surface area contributed by atoms with Gasteiger partial charge in [-0.3, -0.25) is 4.89 Å². The number of rotatable bonds is 4. The van der Waals surface area contributed by atoms with Crippen LogP contribution in [0, 0.1) is 0 Å². The van der Waals surface area contributed by atoms with Crippen LogP contribution in [0.15, 0.2) is 12.2 Å². The topological polar surface area (TPSA) is 44.8 Å². The molecule has 0 fully saturated rings. The predicted octanol–water partition coefficient (Wildman–Crippen LogP) is 0.641. The van der Waals surface area contributed by atoms with E-state index in [0.717, 1.165) is 0 Å². The summed E-state index contributed by atoms with van der Waals surface area (Å²) in [4.78, 5) is 19.0. The van der Waals surface area contributed by atoms with Crippen LogP contribution in [0.2, 0.25) is 0 Å². The molecular weight excluding hydrogens is 136 g/mol. The molecule has 58 valence electrons. The van der Waals surface area contributed by atoms with Gasteiger partial charge in [0.1, 0.15) is 0 Å². The molecule has 0 atom stereocenters. The van der Waals surface area contributed by atoms with Crippen LogP contribution in [0.4, 0.5) is 0 Å². The normalized spacial score (nSPS) is 9.00. The van der Waals surface area contributed by atoms with Gasteiger partial charge < -0.3 is 4.74 Å². The molecule has 0 aliphatic carbocycles. The van der Waals surface area contributed by atoms with Gasteiger partial charge in [0.15, 0.2) is 6.79 Å². The van der Waals surface area contributed by atoms with E-state index in [4.69, 9.17) is 0 Å². The van der Waals surface area contributed by atoms with Crippen molar-refractivity contribution in [3.8, 4) is 0 Å².